The van der Waals surface area contributed by atoms with Gasteiger partial charge in [0, 0.05) is 12.8 Å². The normalized spacial score (nSPS) is 18.0. The van der Waals surface area contributed by atoms with E-state index in [1.807, 2.05) is 0 Å². The summed E-state index contributed by atoms with van der Waals surface area (Å²) in [6, 6.07) is 3.48. The summed E-state index contributed by atoms with van der Waals surface area (Å²) in [6.45, 7) is 2.50. The minimum absolute atomic E-state index is 0.0270. The van der Waals surface area contributed by atoms with Crippen molar-refractivity contribution in [2.24, 2.45) is 5.73 Å². The SMILES string of the molecule is CCOc1ccc(S(C)(=O)=O)cc1C(=O)N1CCC[C@@H]1C(N)=O. The first-order valence-electron chi connectivity index (χ1n) is 7.33. The second kappa shape index (κ2) is 6.57. The number of carbonyl (C=O) groups excluding carboxylic acids is 2. The Morgan fingerprint density at radius 1 is 1.39 bits per heavy atom. The number of sulfone groups is 1. The Labute approximate surface area is 135 Å². The van der Waals surface area contributed by atoms with Gasteiger partial charge >= 0.3 is 0 Å². The van der Waals surface area contributed by atoms with Crippen LogP contribution in [0.25, 0.3) is 0 Å². The van der Waals surface area contributed by atoms with E-state index in [0.717, 1.165) is 6.26 Å². The molecular weight excluding hydrogens is 320 g/mol. The number of carbonyl (C=O) groups is 2. The lowest BCUT2D eigenvalue weighted by Gasteiger charge is -2.23. The van der Waals surface area contributed by atoms with Gasteiger partial charge in [0.2, 0.25) is 5.91 Å². The zero-order valence-electron chi connectivity index (χ0n) is 13.1. The van der Waals surface area contributed by atoms with Crippen LogP contribution in [0.1, 0.15) is 30.1 Å². The van der Waals surface area contributed by atoms with Crippen molar-refractivity contribution in [1.82, 2.24) is 4.90 Å². The molecule has 0 spiro atoms. The van der Waals surface area contributed by atoms with Gasteiger partial charge in [-0.2, -0.15) is 0 Å². The van der Waals surface area contributed by atoms with Crippen LogP contribution in [0.5, 0.6) is 5.75 Å². The number of nitrogens with two attached hydrogens (primary N) is 1. The van der Waals surface area contributed by atoms with E-state index >= 15 is 0 Å². The molecule has 1 atom stereocenters. The number of ether oxygens (including phenoxy) is 1. The number of nitrogens with zero attached hydrogens (tertiary/aromatic N) is 1. The van der Waals surface area contributed by atoms with Gasteiger partial charge in [0.1, 0.15) is 11.8 Å². The Balaban J connectivity index is 2.46. The fraction of sp³-hybridized carbons (Fsp3) is 0.467. The highest BCUT2D eigenvalue weighted by Crippen LogP contribution is 2.27. The Bertz CT molecular complexity index is 729. The lowest BCUT2D eigenvalue weighted by atomic mass is 10.1. The predicted molar refractivity (Wildman–Crippen MR) is 84.0 cm³/mol. The lowest BCUT2D eigenvalue weighted by molar-refractivity contribution is -0.121. The minimum Gasteiger partial charge on any atom is -0.493 e. The topological polar surface area (TPSA) is 107 Å². The van der Waals surface area contributed by atoms with Crippen LogP contribution in [0, 0.1) is 0 Å². The van der Waals surface area contributed by atoms with Crippen LogP contribution in [0.3, 0.4) is 0 Å². The van der Waals surface area contributed by atoms with Crippen molar-refractivity contribution in [2.75, 3.05) is 19.4 Å². The van der Waals surface area contributed by atoms with Gasteiger partial charge in [0.25, 0.3) is 5.91 Å². The van der Waals surface area contributed by atoms with E-state index < -0.39 is 27.7 Å². The molecule has 2 rings (SSSR count). The molecule has 2 N–H and O–H groups in total. The summed E-state index contributed by atoms with van der Waals surface area (Å²) in [6.07, 6.45) is 2.25. The number of primary amides is 1. The van der Waals surface area contributed by atoms with Gasteiger partial charge in [0.15, 0.2) is 9.84 Å². The molecule has 2 amide bonds. The molecular formula is C15H20N2O5S. The second-order valence-corrected chi connectivity index (χ2v) is 7.44. The van der Waals surface area contributed by atoms with Gasteiger partial charge in [-0.1, -0.05) is 0 Å². The van der Waals surface area contributed by atoms with Crippen LogP contribution < -0.4 is 10.5 Å². The van der Waals surface area contributed by atoms with Crippen LogP contribution in [-0.4, -0.2) is 50.6 Å². The molecule has 0 bridgehead atoms. The molecule has 0 aromatic heterocycles. The molecule has 0 unspecified atom stereocenters. The smallest absolute Gasteiger partial charge is 0.258 e. The summed E-state index contributed by atoms with van der Waals surface area (Å²) in [5.74, 6) is -0.714. The van der Waals surface area contributed by atoms with Crippen molar-refractivity contribution in [3.8, 4) is 5.75 Å². The number of amides is 2. The standard InChI is InChI=1S/C15H20N2O5S/c1-3-22-13-7-6-10(23(2,20)21)9-11(13)15(19)17-8-4-5-12(17)14(16)18/h6-7,9,12H,3-5,8H2,1-2H3,(H2,16,18)/t12-/m1/s1. The lowest BCUT2D eigenvalue weighted by Crippen LogP contribution is -2.43. The zero-order chi connectivity index (χ0) is 17.2. The van der Waals surface area contributed by atoms with E-state index in [-0.39, 0.29) is 10.5 Å². The van der Waals surface area contributed by atoms with E-state index in [1.54, 1.807) is 6.92 Å². The van der Waals surface area contributed by atoms with Crippen molar-refractivity contribution < 1.29 is 22.7 Å². The molecule has 1 aliphatic heterocycles. The number of likely N-dealkylation sites (tertiary alicyclic amines) is 1. The average Bonchev–Trinajstić information content (AvgIpc) is 2.95. The van der Waals surface area contributed by atoms with E-state index in [0.29, 0.717) is 31.7 Å². The molecule has 1 fully saturated rings. The minimum atomic E-state index is -3.46. The van der Waals surface area contributed by atoms with Gasteiger partial charge < -0.3 is 15.4 Å². The highest BCUT2D eigenvalue weighted by Gasteiger charge is 2.34. The summed E-state index contributed by atoms with van der Waals surface area (Å²) in [7, 11) is -3.46. The average molecular weight is 340 g/mol. The summed E-state index contributed by atoms with van der Waals surface area (Å²) in [4.78, 5) is 25.7. The predicted octanol–water partition coefficient (Wildman–Crippen LogP) is 0.579. The fourth-order valence-electron chi connectivity index (χ4n) is 2.65. The van der Waals surface area contributed by atoms with Gasteiger partial charge in [-0.05, 0) is 38.0 Å². The van der Waals surface area contributed by atoms with E-state index in [1.165, 1.54) is 23.1 Å². The zero-order valence-corrected chi connectivity index (χ0v) is 13.9. The molecule has 0 aliphatic carbocycles. The van der Waals surface area contributed by atoms with Crippen LogP contribution in [0.2, 0.25) is 0 Å². The fourth-order valence-corrected chi connectivity index (χ4v) is 3.30. The molecule has 126 valence electrons. The summed E-state index contributed by atoms with van der Waals surface area (Å²) in [5.41, 5.74) is 5.47. The first-order valence-corrected chi connectivity index (χ1v) is 9.22. The van der Waals surface area contributed by atoms with E-state index in [4.69, 9.17) is 10.5 Å². The molecule has 0 saturated carbocycles. The van der Waals surface area contributed by atoms with Crippen molar-refractivity contribution >= 4 is 21.7 Å². The molecule has 0 radical (unpaired) electrons. The first-order chi connectivity index (χ1) is 10.8. The summed E-state index contributed by atoms with van der Waals surface area (Å²) >= 11 is 0. The number of benzene rings is 1. The Kier molecular flexibility index (Phi) is 4.93. The third kappa shape index (κ3) is 3.64. The molecule has 1 saturated heterocycles. The first kappa shape index (κ1) is 17.3. The summed E-state index contributed by atoms with van der Waals surface area (Å²) < 4.78 is 28.9. The van der Waals surface area contributed by atoms with E-state index in [9.17, 15) is 18.0 Å². The van der Waals surface area contributed by atoms with Crippen molar-refractivity contribution in [3.63, 3.8) is 0 Å². The molecule has 7 nitrogen and oxygen atoms in total. The highest BCUT2D eigenvalue weighted by molar-refractivity contribution is 7.90. The molecule has 8 heteroatoms. The molecule has 23 heavy (non-hydrogen) atoms. The molecule has 1 heterocycles. The molecule has 1 aliphatic rings. The van der Waals surface area contributed by atoms with Crippen molar-refractivity contribution in [1.29, 1.82) is 0 Å². The van der Waals surface area contributed by atoms with Gasteiger partial charge in [-0.25, -0.2) is 8.42 Å². The van der Waals surface area contributed by atoms with Crippen LogP contribution in [0.4, 0.5) is 0 Å². The quantitative estimate of drug-likeness (QED) is 0.844. The maximum absolute atomic E-state index is 12.8. The Morgan fingerprint density at radius 3 is 2.65 bits per heavy atom. The van der Waals surface area contributed by atoms with Gasteiger partial charge in [0.05, 0.1) is 17.1 Å². The third-order valence-corrected chi connectivity index (χ3v) is 4.86. The summed E-state index contributed by atoms with van der Waals surface area (Å²) in [5, 5.41) is 0. The van der Waals surface area contributed by atoms with Crippen LogP contribution in [0.15, 0.2) is 23.1 Å². The van der Waals surface area contributed by atoms with Crippen LogP contribution in [-0.2, 0) is 14.6 Å². The van der Waals surface area contributed by atoms with Crippen molar-refractivity contribution in [2.45, 2.75) is 30.7 Å². The molecule has 1 aromatic carbocycles. The Morgan fingerprint density at radius 2 is 2.09 bits per heavy atom. The Hall–Kier alpha value is -2.09. The van der Waals surface area contributed by atoms with Gasteiger partial charge in [-0.3, -0.25) is 9.59 Å². The third-order valence-electron chi connectivity index (χ3n) is 3.75. The van der Waals surface area contributed by atoms with Gasteiger partial charge in [-0.15, -0.1) is 0 Å². The maximum Gasteiger partial charge on any atom is 0.258 e. The largest absolute Gasteiger partial charge is 0.493 e. The van der Waals surface area contributed by atoms with Crippen molar-refractivity contribution in [3.05, 3.63) is 23.8 Å². The highest BCUT2D eigenvalue weighted by atomic mass is 32.2. The molecule has 1 aromatic rings. The number of hydrogen-bond acceptors (Lipinski definition) is 5. The number of rotatable bonds is 5. The number of hydrogen-bond donors (Lipinski definition) is 1. The maximum atomic E-state index is 12.8. The monoisotopic (exact) mass is 340 g/mol. The van der Waals surface area contributed by atoms with E-state index in [2.05, 4.69) is 0 Å². The second-order valence-electron chi connectivity index (χ2n) is 5.42. The van der Waals surface area contributed by atoms with Crippen LogP contribution >= 0.6 is 0 Å².